The minimum Gasteiger partial charge on any atom is -0.368 e. The predicted molar refractivity (Wildman–Crippen MR) is 183 cm³/mol. The first-order valence-corrected chi connectivity index (χ1v) is 15.7. The lowest BCUT2D eigenvalue weighted by atomic mass is 10.1. The van der Waals surface area contributed by atoms with E-state index in [1.807, 2.05) is 0 Å². The van der Waals surface area contributed by atoms with Crippen LogP contribution in [0.25, 0.3) is 0 Å². The van der Waals surface area contributed by atoms with E-state index in [0.717, 1.165) is 83.4 Å². The molecule has 0 bridgehead atoms. The van der Waals surface area contributed by atoms with Crippen molar-refractivity contribution in [2.45, 2.75) is 12.8 Å². The van der Waals surface area contributed by atoms with Gasteiger partial charge in [-0.2, -0.15) is 9.97 Å². The molecule has 0 radical (unpaired) electrons. The molecule has 2 aliphatic rings. The van der Waals surface area contributed by atoms with Crippen LogP contribution in [0.2, 0.25) is 0 Å². The van der Waals surface area contributed by atoms with Crippen LogP contribution in [0.15, 0.2) is 97.1 Å². The number of aryl methyl sites for hydroxylation is 1. The van der Waals surface area contributed by atoms with Crippen LogP contribution in [-0.4, -0.2) is 74.0 Å². The van der Waals surface area contributed by atoms with Crippen LogP contribution >= 0.6 is 12.2 Å². The van der Waals surface area contributed by atoms with E-state index in [1.54, 1.807) is 0 Å². The summed E-state index contributed by atoms with van der Waals surface area (Å²) in [4.78, 5) is 19.5. The van der Waals surface area contributed by atoms with Crippen LogP contribution in [0.1, 0.15) is 12.0 Å². The number of rotatable bonds is 9. The Labute approximate surface area is 260 Å². The number of thiocarbonyl (C=S) groups is 1. The Morgan fingerprint density at radius 3 is 1.53 bits per heavy atom. The number of piperazine rings is 2. The summed E-state index contributed by atoms with van der Waals surface area (Å²) in [7, 11) is 0. The molecule has 2 aliphatic heterocycles. The van der Waals surface area contributed by atoms with Crippen LogP contribution in [0.3, 0.4) is 0 Å². The average molecular weight is 593 g/mol. The maximum Gasteiger partial charge on any atom is 0.232 e. The van der Waals surface area contributed by atoms with Gasteiger partial charge in [0.1, 0.15) is 11.6 Å². The molecule has 2 N–H and O–H groups in total. The summed E-state index contributed by atoms with van der Waals surface area (Å²) in [5, 5.41) is 7.19. The third-order valence-corrected chi connectivity index (χ3v) is 8.39. The van der Waals surface area contributed by atoms with Gasteiger partial charge in [-0.1, -0.05) is 66.7 Å². The van der Waals surface area contributed by atoms with Gasteiger partial charge in [0, 0.05) is 76.3 Å². The van der Waals surface area contributed by atoms with Crippen molar-refractivity contribution < 1.29 is 0 Å². The molecule has 9 heteroatoms. The number of benzene rings is 3. The summed E-state index contributed by atoms with van der Waals surface area (Å²) in [6.07, 6.45) is 2.01. The predicted octanol–water partition coefficient (Wildman–Crippen LogP) is 5.05. The van der Waals surface area contributed by atoms with Gasteiger partial charge < -0.3 is 30.2 Å². The van der Waals surface area contributed by atoms with Crippen molar-refractivity contribution in [3.8, 4) is 0 Å². The smallest absolute Gasteiger partial charge is 0.232 e. The van der Waals surface area contributed by atoms with Gasteiger partial charge in [0.25, 0.3) is 0 Å². The number of nitrogens with one attached hydrogen (secondary N) is 2. The summed E-state index contributed by atoms with van der Waals surface area (Å²) in [5.41, 5.74) is 3.88. The van der Waals surface area contributed by atoms with Crippen molar-refractivity contribution in [1.29, 1.82) is 0 Å². The fraction of sp³-hybridized carbons (Fsp3) is 0.324. The molecule has 2 fully saturated rings. The van der Waals surface area contributed by atoms with E-state index in [1.165, 1.54) is 16.9 Å². The standard InChI is InChI=1S/C34H40N8S/c43-34(35-18-10-13-28-11-4-1-5-12-28)38-33-36-31(41-23-19-39(20-24-41)29-14-6-2-7-15-29)27-32(37-33)42-25-21-40(22-26-42)30-16-8-3-9-17-30/h1-9,11-12,14-17,27H,10,13,18-26H2,(H2,35,36,37,38,43). The zero-order chi connectivity index (χ0) is 29.3. The van der Waals surface area contributed by atoms with Crippen molar-refractivity contribution in [3.63, 3.8) is 0 Å². The second kappa shape index (κ2) is 14.2. The van der Waals surface area contributed by atoms with Crippen molar-refractivity contribution in [1.82, 2.24) is 15.3 Å². The van der Waals surface area contributed by atoms with Crippen LogP contribution in [0, 0.1) is 0 Å². The van der Waals surface area contributed by atoms with Gasteiger partial charge in [-0.25, -0.2) is 0 Å². The number of nitrogens with zero attached hydrogens (tertiary/aromatic N) is 6. The highest BCUT2D eigenvalue weighted by Crippen LogP contribution is 2.26. The number of anilines is 5. The quantitative estimate of drug-likeness (QED) is 0.205. The summed E-state index contributed by atoms with van der Waals surface area (Å²) in [6.45, 7) is 8.17. The molecule has 0 atom stereocenters. The molecule has 3 heterocycles. The molecule has 0 amide bonds. The molecule has 4 aromatic rings. The first-order chi connectivity index (χ1) is 21.2. The highest BCUT2D eigenvalue weighted by Gasteiger charge is 2.23. The number of hydrogen-bond acceptors (Lipinski definition) is 7. The third-order valence-electron chi connectivity index (χ3n) is 8.15. The van der Waals surface area contributed by atoms with Gasteiger partial charge in [-0.05, 0) is 54.9 Å². The second-order valence-electron chi connectivity index (χ2n) is 11.0. The van der Waals surface area contributed by atoms with Crippen LogP contribution in [0.5, 0.6) is 0 Å². The Morgan fingerprint density at radius 1 is 0.605 bits per heavy atom. The molecule has 43 heavy (non-hydrogen) atoms. The number of hydrogen-bond donors (Lipinski definition) is 2. The average Bonchev–Trinajstić information content (AvgIpc) is 3.08. The lowest BCUT2D eigenvalue weighted by Crippen LogP contribution is -2.48. The first kappa shape index (κ1) is 28.7. The SMILES string of the molecule is S=C(NCCCc1ccccc1)Nc1nc(N2CCN(c3ccccc3)CC2)cc(N2CCN(c3ccccc3)CC2)n1. The van der Waals surface area contributed by atoms with Crippen LogP contribution in [0.4, 0.5) is 29.0 Å². The Hall–Kier alpha value is -4.37. The summed E-state index contributed by atoms with van der Waals surface area (Å²) < 4.78 is 0. The fourth-order valence-corrected chi connectivity index (χ4v) is 5.95. The Bertz CT molecular complexity index is 1360. The molecule has 0 aliphatic carbocycles. The van der Waals surface area contributed by atoms with E-state index in [2.05, 4.69) is 127 Å². The topological polar surface area (TPSA) is 62.8 Å². The van der Waals surface area contributed by atoms with E-state index in [-0.39, 0.29) is 0 Å². The van der Waals surface area contributed by atoms with Crippen LogP contribution < -0.4 is 30.2 Å². The highest BCUT2D eigenvalue weighted by molar-refractivity contribution is 7.80. The maximum atomic E-state index is 5.66. The van der Waals surface area contributed by atoms with E-state index in [4.69, 9.17) is 22.2 Å². The van der Waals surface area contributed by atoms with Gasteiger partial charge in [-0.15, -0.1) is 0 Å². The van der Waals surface area contributed by atoms with Gasteiger partial charge in [0.15, 0.2) is 5.11 Å². The third kappa shape index (κ3) is 7.73. The Balaban J connectivity index is 1.12. The summed E-state index contributed by atoms with van der Waals surface area (Å²) >= 11 is 5.66. The molecule has 3 aromatic carbocycles. The lowest BCUT2D eigenvalue weighted by Gasteiger charge is -2.38. The van der Waals surface area contributed by atoms with E-state index < -0.39 is 0 Å². The number of aromatic nitrogens is 2. The molecular weight excluding hydrogens is 552 g/mol. The fourth-order valence-electron chi connectivity index (χ4n) is 5.75. The maximum absolute atomic E-state index is 5.66. The molecule has 0 saturated carbocycles. The summed E-state index contributed by atoms with van der Waals surface area (Å²) in [5.74, 6) is 2.43. The molecule has 0 unspecified atom stereocenters. The lowest BCUT2D eigenvalue weighted by molar-refractivity contribution is 0.639. The molecule has 0 spiro atoms. The minimum absolute atomic E-state index is 0.545. The first-order valence-electron chi connectivity index (χ1n) is 15.3. The van der Waals surface area contributed by atoms with E-state index >= 15 is 0 Å². The van der Waals surface area contributed by atoms with Gasteiger partial charge in [0.05, 0.1) is 0 Å². The molecule has 222 valence electrons. The molecule has 8 nitrogen and oxygen atoms in total. The Morgan fingerprint density at radius 2 is 1.05 bits per heavy atom. The second-order valence-corrected chi connectivity index (χ2v) is 11.4. The van der Waals surface area contributed by atoms with Crippen molar-refractivity contribution >= 4 is 46.3 Å². The minimum atomic E-state index is 0.545. The number of para-hydroxylation sites is 2. The Kier molecular flexibility index (Phi) is 9.49. The van der Waals surface area contributed by atoms with Crippen molar-refractivity contribution in [3.05, 3.63) is 103 Å². The zero-order valence-electron chi connectivity index (χ0n) is 24.6. The molecule has 6 rings (SSSR count). The largest absolute Gasteiger partial charge is 0.368 e. The van der Waals surface area contributed by atoms with Gasteiger partial charge in [-0.3, -0.25) is 0 Å². The zero-order valence-corrected chi connectivity index (χ0v) is 25.4. The normalized spacial score (nSPS) is 15.3. The summed E-state index contributed by atoms with van der Waals surface area (Å²) in [6, 6.07) is 34.0. The van der Waals surface area contributed by atoms with Gasteiger partial charge in [0.2, 0.25) is 5.95 Å². The van der Waals surface area contributed by atoms with Crippen molar-refractivity contribution in [2.75, 3.05) is 83.8 Å². The van der Waals surface area contributed by atoms with E-state index in [0.29, 0.717) is 11.1 Å². The van der Waals surface area contributed by atoms with Gasteiger partial charge >= 0.3 is 0 Å². The monoisotopic (exact) mass is 592 g/mol. The molecule has 2 saturated heterocycles. The van der Waals surface area contributed by atoms with Crippen molar-refractivity contribution in [2.24, 2.45) is 0 Å². The molecule has 1 aromatic heterocycles. The van der Waals surface area contributed by atoms with Crippen LogP contribution in [-0.2, 0) is 6.42 Å². The highest BCUT2D eigenvalue weighted by atomic mass is 32.1. The molecular formula is C34H40N8S. The van der Waals surface area contributed by atoms with E-state index in [9.17, 15) is 0 Å².